The zero-order valence-corrected chi connectivity index (χ0v) is 14.7. The van der Waals surface area contributed by atoms with E-state index in [4.69, 9.17) is 0 Å². The number of aromatic nitrogens is 1. The summed E-state index contributed by atoms with van der Waals surface area (Å²) in [6, 6.07) is 0. The van der Waals surface area contributed by atoms with Crippen LogP contribution in [-0.2, 0) is 10.0 Å². The lowest BCUT2D eigenvalue weighted by atomic mass is 10.3. The highest BCUT2D eigenvalue weighted by Crippen LogP contribution is 2.34. The van der Waals surface area contributed by atoms with Crippen LogP contribution in [0.2, 0.25) is 0 Å². The van der Waals surface area contributed by atoms with Crippen LogP contribution in [0.25, 0.3) is 0 Å². The van der Waals surface area contributed by atoms with Gasteiger partial charge in [0.15, 0.2) is 0 Å². The number of anilines is 1. The van der Waals surface area contributed by atoms with Crippen molar-refractivity contribution in [2.75, 3.05) is 44.2 Å². The summed E-state index contributed by atoms with van der Waals surface area (Å²) in [5, 5.41) is 3.27. The maximum atomic E-state index is 12.8. The SMILES string of the molecule is CCN(CC)S(=O)(=O)c1cncc(Br)c1N1CCNCC1. The van der Waals surface area contributed by atoms with Crippen LogP contribution in [0.5, 0.6) is 0 Å². The Morgan fingerprint density at radius 2 is 1.90 bits per heavy atom. The van der Waals surface area contributed by atoms with E-state index in [2.05, 4.69) is 31.1 Å². The fourth-order valence-corrected chi connectivity index (χ4v) is 4.85. The number of nitrogens with zero attached hydrogens (tertiary/aromatic N) is 3. The van der Waals surface area contributed by atoms with Crippen molar-refractivity contribution >= 4 is 31.6 Å². The van der Waals surface area contributed by atoms with E-state index < -0.39 is 10.0 Å². The van der Waals surface area contributed by atoms with Crippen LogP contribution in [0.3, 0.4) is 0 Å². The lowest BCUT2D eigenvalue weighted by Crippen LogP contribution is -2.44. The third-order valence-corrected chi connectivity index (χ3v) is 6.23. The lowest BCUT2D eigenvalue weighted by molar-refractivity contribution is 0.444. The van der Waals surface area contributed by atoms with Crippen molar-refractivity contribution in [2.45, 2.75) is 18.7 Å². The second-order valence-electron chi connectivity index (χ2n) is 4.79. The van der Waals surface area contributed by atoms with Gasteiger partial charge in [-0.1, -0.05) is 13.8 Å². The molecule has 0 amide bonds. The molecule has 2 rings (SSSR count). The predicted molar refractivity (Wildman–Crippen MR) is 87.1 cm³/mol. The van der Waals surface area contributed by atoms with Gasteiger partial charge in [0.2, 0.25) is 10.0 Å². The Morgan fingerprint density at radius 1 is 1.29 bits per heavy atom. The van der Waals surface area contributed by atoms with Gasteiger partial charge in [0, 0.05) is 51.7 Å². The predicted octanol–water partition coefficient (Wildman–Crippen LogP) is 1.28. The van der Waals surface area contributed by atoms with Gasteiger partial charge < -0.3 is 10.2 Å². The molecule has 0 aliphatic carbocycles. The molecule has 0 aromatic carbocycles. The molecule has 1 aliphatic rings. The summed E-state index contributed by atoms with van der Waals surface area (Å²) in [4.78, 5) is 6.44. The molecule has 1 aromatic rings. The zero-order valence-electron chi connectivity index (χ0n) is 12.3. The van der Waals surface area contributed by atoms with Gasteiger partial charge in [-0.3, -0.25) is 4.98 Å². The Morgan fingerprint density at radius 3 is 2.48 bits per heavy atom. The molecule has 0 atom stereocenters. The van der Waals surface area contributed by atoms with E-state index in [1.807, 2.05) is 13.8 Å². The van der Waals surface area contributed by atoms with Gasteiger partial charge in [0.1, 0.15) is 4.90 Å². The first-order valence-electron chi connectivity index (χ1n) is 7.11. The normalized spacial score (nSPS) is 16.5. The molecule has 0 bridgehead atoms. The van der Waals surface area contributed by atoms with E-state index in [0.29, 0.717) is 13.1 Å². The van der Waals surface area contributed by atoms with Gasteiger partial charge in [-0.05, 0) is 15.9 Å². The highest BCUT2D eigenvalue weighted by Gasteiger charge is 2.29. The Bertz CT molecular complexity index is 584. The summed E-state index contributed by atoms with van der Waals surface area (Å²) in [6.45, 7) is 7.85. The molecule has 0 spiro atoms. The molecule has 1 aromatic heterocycles. The number of pyridine rings is 1. The summed E-state index contributed by atoms with van der Waals surface area (Å²) >= 11 is 3.46. The number of piperazine rings is 1. The van der Waals surface area contributed by atoms with E-state index >= 15 is 0 Å². The molecule has 2 heterocycles. The Hall–Kier alpha value is -0.700. The Labute approximate surface area is 134 Å². The molecule has 1 fully saturated rings. The summed E-state index contributed by atoms with van der Waals surface area (Å²) in [7, 11) is -3.52. The highest BCUT2D eigenvalue weighted by atomic mass is 79.9. The van der Waals surface area contributed by atoms with Crippen LogP contribution in [0.4, 0.5) is 5.69 Å². The monoisotopic (exact) mass is 376 g/mol. The molecule has 6 nitrogen and oxygen atoms in total. The van der Waals surface area contributed by atoms with Gasteiger partial charge in [0.25, 0.3) is 0 Å². The first-order chi connectivity index (χ1) is 10.0. The van der Waals surface area contributed by atoms with E-state index in [0.717, 1.165) is 36.3 Å². The van der Waals surface area contributed by atoms with Crippen LogP contribution in [0, 0.1) is 0 Å². The molecule has 0 radical (unpaired) electrons. The maximum Gasteiger partial charge on any atom is 0.246 e. The van der Waals surface area contributed by atoms with Crippen molar-refractivity contribution in [1.82, 2.24) is 14.6 Å². The third kappa shape index (κ3) is 3.39. The minimum atomic E-state index is -3.52. The number of rotatable bonds is 5. The van der Waals surface area contributed by atoms with Gasteiger partial charge in [-0.2, -0.15) is 4.31 Å². The van der Waals surface area contributed by atoms with Crippen molar-refractivity contribution in [3.63, 3.8) is 0 Å². The van der Waals surface area contributed by atoms with Crippen molar-refractivity contribution in [1.29, 1.82) is 0 Å². The van der Waals surface area contributed by atoms with Gasteiger partial charge in [0.05, 0.1) is 10.2 Å². The second kappa shape index (κ2) is 7.04. The molecule has 8 heteroatoms. The summed E-state index contributed by atoms with van der Waals surface area (Å²) in [6.07, 6.45) is 3.11. The van der Waals surface area contributed by atoms with Crippen molar-refractivity contribution in [2.24, 2.45) is 0 Å². The van der Waals surface area contributed by atoms with Crippen molar-refractivity contribution in [3.8, 4) is 0 Å². The van der Waals surface area contributed by atoms with Gasteiger partial charge in [-0.15, -0.1) is 0 Å². The Balaban J connectivity index is 2.51. The number of halogens is 1. The topological polar surface area (TPSA) is 65.5 Å². The molecular weight excluding hydrogens is 356 g/mol. The summed E-state index contributed by atoms with van der Waals surface area (Å²) in [5.41, 5.74) is 0.721. The molecule has 118 valence electrons. The standard InChI is InChI=1S/C13H21BrN4O2S/c1-3-18(4-2)21(19,20)12-10-16-9-11(14)13(12)17-7-5-15-6-8-17/h9-10,15H,3-8H2,1-2H3. The average molecular weight is 377 g/mol. The summed E-state index contributed by atoms with van der Waals surface area (Å²) in [5.74, 6) is 0. The molecule has 21 heavy (non-hydrogen) atoms. The minimum Gasteiger partial charge on any atom is -0.367 e. The lowest BCUT2D eigenvalue weighted by Gasteiger charge is -2.32. The first kappa shape index (κ1) is 16.7. The van der Waals surface area contributed by atoms with Crippen LogP contribution < -0.4 is 10.2 Å². The largest absolute Gasteiger partial charge is 0.367 e. The van der Waals surface area contributed by atoms with E-state index in [1.165, 1.54) is 10.5 Å². The molecule has 0 saturated carbocycles. The second-order valence-corrected chi connectivity index (χ2v) is 7.56. The summed E-state index contributed by atoms with van der Waals surface area (Å²) < 4.78 is 27.8. The quantitative estimate of drug-likeness (QED) is 0.838. The fourth-order valence-electron chi connectivity index (χ4n) is 2.50. The number of hydrogen-bond acceptors (Lipinski definition) is 5. The molecular formula is C13H21BrN4O2S. The average Bonchev–Trinajstić information content (AvgIpc) is 2.49. The van der Waals surface area contributed by atoms with E-state index in [-0.39, 0.29) is 4.90 Å². The smallest absolute Gasteiger partial charge is 0.246 e. The van der Waals surface area contributed by atoms with Crippen molar-refractivity contribution in [3.05, 3.63) is 16.9 Å². The van der Waals surface area contributed by atoms with E-state index in [1.54, 1.807) is 6.20 Å². The molecule has 1 aliphatic heterocycles. The number of hydrogen-bond donors (Lipinski definition) is 1. The number of nitrogens with one attached hydrogen (secondary N) is 1. The first-order valence-corrected chi connectivity index (χ1v) is 9.35. The zero-order chi connectivity index (χ0) is 15.5. The van der Waals surface area contributed by atoms with Gasteiger partial charge in [-0.25, -0.2) is 8.42 Å². The van der Waals surface area contributed by atoms with Crippen LogP contribution in [0.1, 0.15) is 13.8 Å². The van der Waals surface area contributed by atoms with Gasteiger partial charge >= 0.3 is 0 Å². The molecule has 1 N–H and O–H groups in total. The van der Waals surface area contributed by atoms with Crippen LogP contribution in [0.15, 0.2) is 21.8 Å². The van der Waals surface area contributed by atoms with Crippen LogP contribution in [-0.4, -0.2) is 57.0 Å². The third-order valence-electron chi connectivity index (χ3n) is 3.60. The highest BCUT2D eigenvalue weighted by molar-refractivity contribution is 9.10. The van der Waals surface area contributed by atoms with E-state index in [9.17, 15) is 8.42 Å². The van der Waals surface area contributed by atoms with Crippen molar-refractivity contribution < 1.29 is 8.42 Å². The molecule has 1 saturated heterocycles. The fraction of sp³-hybridized carbons (Fsp3) is 0.615. The number of sulfonamides is 1. The van der Waals surface area contributed by atoms with Crippen LogP contribution >= 0.6 is 15.9 Å². The molecule has 0 unspecified atom stereocenters. The Kier molecular flexibility index (Phi) is 5.59. The maximum absolute atomic E-state index is 12.8. The minimum absolute atomic E-state index is 0.280.